The SMILES string of the molecule is Cc1cccc(NC(=O)CC2CCCN2C)c1. The second-order valence-corrected chi connectivity index (χ2v) is 4.90. The number of carbonyl (C=O) groups is 1. The van der Waals surface area contributed by atoms with E-state index in [9.17, 15) is 4.79 Å². The molecular formula is C14H20N2O. The molecule has 1 unspecified atom stereocenters. The van der Waals surface area contributed by atoms with Gasteiger partial charge in [0.05, 0.1) is 0 Å². The van der Waals surface area contributed by atoms with Crippen LogP contribution in [-0.4, -0.2) is 30.4 Å². The number of aryl methyl sites for hydroxylation is 1. The van der Waals surface area contributed by atoms with Crippen LogP contribution in [0.25, 0.3) is 0 Å². The van der Waals surface area contributed by atoms with E-state index in [0.29, 0.717) is 12.5 Å². The molecule has 1 N–H and O–H groups in total. The van der Waals surface area contributed by atoms with Gasteiger partial charge in [-0.3, -0.25) is 4.79 Å². The molecule has 1 aromatic rings. The number of amides is 1. The van der Waals surface area contributed by atoms with Crippen molar-refractivity contribution in [3.05, 3.63) is 29.8 Å². The topological polar surface area (TPSA) is 32.3 Å². The molecule has 1 amide bonds. The van der Waals surface area contributed by atoms with Crippen molar-refractivity contribution in [1.29, 1.82) is 0 Å². The van der Waals surface area contributed by atoms with Crippen molar-refractivity contribution in [2.45, 2.75) is 32.2 Å². The monoisotopic (exact) mass is 232 g/mol. The highest BCUT2D eigenvalue weighted by Crippen LogP contribution is 2.18. The molecule has 3 nitrogen and oxygen atoms in total. The van der Waals surface area contributed by atoms with E-state index in [-0.39, 0.29) is 5.91 Å². The normalized spacial score (nSPS) is 20.5. The molecule has 1 fully saturated rings. The van der Waals surface area contributed by atoms with Gasteiger partial charge in [0.1, 0.15) is 0 Å². The van der Waals surface area contributed by atoms with Crippen molar-refractivity contribution in [2.24, 2.45) is 0 Å². The minimum atomic E-state index is 0.120. The first-order valence-corrected chi connectivity index (χ1v) is 6.22. The van der Waals surface area contributed by atoms with Gasteiger partial charge in [-0.05, 0) is 51.1 Å². The summed E-state index contributed by atoms with van der Waals surface area (Å²) < 4.78 is 0. The third kappa shape index (κ3) is 3.30. The van der Waals surface area contributed by atoms with E-state index in [2.05, 4.69) is 17.3 Å². The van der Waals surface area contributed by atoms with E-state index >= 15 is 0 Å². The predicted octanol–water partition coefficient (Wildman–Crippen LogP) is 2.42. The van der Waals surface area contributed by atoms with Crippen molar-refractivity contribution in [2.75, 3.05) is 18.9 Å². The lowest BCUT2D eigenvalue weighted by molar-refractivity contribution is -0.117. The van der Waals surface area contributed by atoms with Gasteiger partial charge in [0.25, 0.3) is 0 Å². The lowest BCUT2D eigenvalue weighted by Gasteiger charge is -2.18. The van der Waals surface area contributed by atoms with Gasteiger partial charge in [0.15, 0.2) is 0 Å². The van der Waals surface area contributed by atoms with Crippen LogP contribution in [0.5, 0.6) is 0 Å². The van der Waals surface area contributed by atoms with Gasteiger partial charge in [0.2, 0.25) is 5.91 Å². The second kappa shape index (κ2) is 5.32. The fourth-order valence-electron chi connectivity index (χ4n) is 2.39. The van der Waals surface area contributed by atoms with Gasteiger partial charge in [-0.1, -0.05) is 12.1 Å². The largest absolute Gasteiger partial charge is 0.326 e. The standard InChI is InChI=1S/C14H20N2O/c1-11-5-3-6-12(9-11)15-14(17)10-13-7-4-8-16(13)2/h3,5-6,9,13H,4,7-8,10H2,1-2H3,(H,15,17). The molecule has 1 aliphatic rings. The maximum absolute atomic E-state index is 11.9. The highest BCUT2D eigenvalue weighted by Gasteiger charge is 2.23. The van der Waals surface area contributed by atoms with E-state index in [0.717, 1.165) is 18.7 Å². The highest BCUT2D eigenvalue weighted by molar-refractivity contribution is 5.91. The molecule has 0 radical (unpaired) electrons. The lowest BCUT2D eigenvalue weighted by Crippen LogP contribution is -2.29. The van der Waals surface area contributed by atoms with E-state index in [4.69, 9.17) is 0 Å². The molecule has 92 valence electrons. The average molecular weight is 232 g/mol. The second-order valence-electron chi connectivity index (χ2n) is 4.90. The number of rotatable bonds is 3. The van der Waals surface area contributed by atoms with E-state index in [1.165, 1.54) is 12.0 Å². The Morgan fingerprint density at radius 3 is 3.00 bits per heavy atom. The Bertz CT molecular complexity index is 403. The summed E-state index contributed by atoms with van der Waals surface area (Å²) in [7, 11) is 2.09. The molecule has 0 bridgehead atoms. The smallest absolute Gasteiger partial charge is 0.225 e. The summed E-state index contributed by atoms with van der Waals surface area (Å²) in [5, 5.41) is 2.96. The predicted molar refractivity (Wildman–Crippen MR) is 70.1 cm³/mol. The Kier molecular flexibility index (Phi) is 3.79. The Morgan fingerprint density at radius 2 is 2.35 bits per heavy atom. The molecule has 1 aliphatic heterocycles. The Balaban J connectivity index is 1.89. The van der Waals surface area contributed by atoms with Gasteiger partial charge >= 0.3 is 0 Å². The molecule has 0 aromatic heterocycles. The third-order valence-corrected chi connectivity index (χ3v) is 3.39. The fourth-order valence-corrected chi connectivity index (χ4v) is 2.39. The maximum Gasteiger partial charge on any atom is 0.225 e. The summed E-state index contributed by atoms with van der Waals surface area (Å²) in [6.07, 6.45) is 2.95. The van der Waals surface area contributed by atoms with Gasteiger partial charge < -0.3 is 10.2 Å². The van der Waals surface area contributed by atoms with Crippen LogP contribution < -0.4 is 5.32 Å². The number of hydrogen-bond acceptors (Lipinski definition) is 2. The van der Waals surface area contributed by atoms with Crippen LogP contribution in [0.2, 0.25) is 0 Å². The molecular weight excluding hydrogens is 212 g/mol. The minimum absolute atomic E-state index is 0.120. The number of benzene rings is 1. The van der Waals surface area contributed by atoms with E-state index < -0.39 is 0 Å². The minimum Gasteiger partial charge on any atom is -0.326 e. The zero-order valence-corrected chi connectivity index (χ0v) is 10.6. The van der Waals surface area contributed by atoms with Crippen LogP contribution >= 0.6 is 0 Å². The zero-order valence-electron chi connectivity index (χ0n) is 10.6. The van der Waals surface area contributed by atoms with Gasteiger partial charge in [0, 0.05) is 18.2 Å². The summed E-state index contributed by atoms with van der Waals surface area (Å²) in [6.45, 7) is 3.14. The summed E-state index contributed by atoms with van der Waals surface area (Å²) in [5.41, 5.74) is 2.07. The fraction of sp³-hybridized carbons (Fsp3) is 0.500. The molecule has 17 heavy (non-hydrogen) atoms. The number of nitrogens with one attached hydrogen (secondary N) is 1. The van der Waals surface area contributed by atoms with Crippen molar-refractivity contribution < 1.29 is 4.79 Å². The molecule has 0 spiro atoms. The van der Waals surface area contributed by atoms with Gasteiger partial charge in [-0.25, -0.2) is 0 Å². The molecule has 0 saturated carbocycles. The maximum atomic E-state index is 11.9. The Labute approximate surface area is 103 Å². The Morgan fingerprint density at radius 1 is 1.53 bits per heavy atom. The van der Waals surface area contributed by atoms with Crippen LogP contribution in [0.15, 0.2) is 24.3 Å². The number of carbonyl (C=O) groups excluding carboxylic acids is 1. The molecule has 0 aliphatic carbocycles. The molecule has 1 saturated heterocycles. The van der Waals surface area contributed by atoms with Crippen molar-refractivity contribution in [3.8, 4) is 0 Å². The number of anilines is 1. The quantitative estimate of drug-likeness (QED) is 0.868. The highest BCUT2D eigenvalue weighted by atomic mass is 16.1. The first kappa shape index (κ1) is 12.1. The van der Waals surface area contributed by atoms with Crippen molar-refractivity contribution in [3.63, 3.8) is 0 Å². The van der Waals surface area contributed by atoms with Crippen molar-refractivity contribution in [1.82, 2.24) is 4.90 Å². The van der Waals surface area contributed by atoms with Crippen LogP contribution in [-0.2, 0) is 4.79 Å². The first-order chi connectivity index (χ1) is 8.15. The summed E-state index contributed by atoms with van der Waals surface area (Å²) in [6, 6.07) is 8.34. The van der Waals surface area contributed by atoms with Crippen LogP contribution in [0.3, 0.4) is 0 Å². The third-order valence-electron chi connectivity index (χ3n) is 3.39. The van der Waals surface area contributed by atoms with Crippen LogP contribution in [0.1, 0.15) is 24.8 Å². The average Bonchev–Trinajstić information content (AvgIpc) is 2.64. The molecule has 2 rings (SSSR count). The van der Waals surface area contributed by atoms with Gasteiger partial charge in [-0.15, -0.1) is 0 Å². The lowest BCUT2D eigenvalue weighted by atomic mass is 10.1. The number of hydrogen-bond donors (Lipinski definition) is 1. The zero-order chi connectivity index (χ0) is 12.3. The summed E-state index contributed by atoms with van der Waals surface area (Å²) in [4.78, 5) is 14.2. The first-order valence-electron chi connectivity index (χ1n) is 6.22. The van der Waals surface area contributed by atoms with E-state index in [1.807, 2.05) is 31.2 Å². The number of nitrogens with zero attached hydrogens (tertiary/aromatic N) is 1. The molecule has 1 heterocycles. The summed E-state index contributed by atoms with van der Waals surface area (Å²) >= 11 is 0. The summed E-state index contributed by atoms with van der Waals surface area (Å²) in [5.74, 6) is 0.120. The van der Waals surface area contributed by atoms with E-state index in [1.54, 1.807) is 0 Å². The van der Waals surface area contributed by atoms with Crippen LogP contribution in [0.4, 0.5) is 5.69 Å². The van der Waals surface area contributed by atoms with Gasteiger partial charge in [-0.2, -0.15) is 0 Å². The molecule has 1 aromatic carbocycles. The van der Waals surface area contributed by atoms with Crippen LogP contribution in [0, 0.1) is 6.92 Å². The molecule has 3 heteroatoms. The van der Waals surface area contributed by atoms with Crippen molar-refractivity contribution >= 4 is 11.6 Å². The molecule has 1 atom stereocenters. The number of likely N-dealkylation sites (tertiary alicyclic amines) is 1. The Hall–Kier alpha value is -1.35.